The van der Waals surface area contributed by atoms with E-state index in [0.29, 0.717) is 35.4 Å². The van der Waals surface area contributed by atoms with Crippen LogP contribution in [0.3, 0.4) is 0 Å². The summed E-state index contributed by atoms with van der Waals surface area (Å²) < 4.78 is 24.2. The summed E-state index contributed by atoms with van der Waals surface area (Å²) in [5.74, 6) is 0.494. The van der Waals surface area contributed by atoms with Gasteiger partial charge in [-0.3, -0.25) is 14.5 Å². The Hall–Kier alpha value is -1.91. The Kier molecular flexibility index (Phi) is 9.90. The number of ether oxygens (including phenoxy) is 1. The van der Waals surface area contributed by atoms with Gasteiger partial charge in [0.05, 0.1) is 13.1 Å². The van der Waals surface area contributed by atoms with Gasteiger partial charge in [0, 0.05) is 48.1 Å². The highest BCUT2D eigenvalue weighted by molar-refractivity contribution is 7.98. The van der Waals surface area contributed by atoms with E-state index >= 15 is 0 Å². The summed E-state index contributed by atoms with van der Waals surface area (Å²) >= 11 is 1.96. The normalized spacial score (nSPS) is 32.7. The molecule has 1 saturated heterocycles. The van der Waals surface area contributed by atoms with Crippen molar-refractivity contribution in [3.8, 4) is 0 Å². The number of amides is 1. The Morgan fingerprint density at radius 3 is 2.60 bits per heavy atom. The Morgan fingerprint density at radius 1 is 0.978 bits per heavy atom. The molecule has 3 aliphatic heterocycles. The van der Waals surface area contributed by atoms with Crippen LogP contribution < -0.4 is 15.4 Å². The fourth-order valence-electron chi connectivity index (χ4n) is 8.55. The molecule has 45 heavy (non-hydrogen) atoms. The van der Waals surface area contributed by atoms with Crippen LogP contribution in [-0.4, -0.2) is 71.5 Å². The predicted octanol–water partition coefficient (Wildman–Crippen LogP) is 6.41. The lowest BCUT2D eigenvalue weighted by molar-refractivity contribution is 0.122. The molecule has 3 N–H and O–H groups in total. The molecule has 1 amide bonds. The molecule has 4 atom stereocenters. The molecular weight excluding hydrogens is 585 g/mol. The number of hydrogen-bond acceptors (Lipinski definition) is 7. The maximum atomic E-state index is 14.3. The molecule has 3 fully saturated rings. The maximum Gasteiger partial charge on any atom is 0.415 e. The summed E-state index contributed by atoms with van der Waals surface area (Å²) in [6.45, 7) is 5.33. The Bertz CT molecular complexity index is 1270. The van der Waals surface area contributed by atoms with E-state index in [1.54, 1.807) is 11.0 Å². The molecule has 0 bridgehead atoms. The van der Waals surface area contributed by atoms with Gasteiger partial charge in [0.15, 0.2) is 0 Å². The number of benzene rings is 1. The van der Waals surface area contributed by atoms with Crippen LogP contribution in [0.4, 0.5) is 9.18 Å². The summed E-state index contributed by atoms with van der Waals surface area (Å²) in [4.78, 5) is 17.3. The van der Waals surface area contributed by atoms with E-state index in [9.17, 15) is 9.18 Å². The Labute approximate surface area is 273 Å². The molecule has 6 aliphatic rings. The van der Waals surface area contributed by atoms with Crippen LogP contribution >= 0.6 is 11.9 Å². The quantitative estimate of drug-likeness (QED) is 0.243. The highest BCUT2D eigenvalue weighted by Crippen LogP contribution is 2.68. The van der Waals surface area contributed by atoms with Crippen LogP contribution in [0.2, 0.25) is 0 Å². The Balaban J connectivity index is 1.01. The minimum absolute atomic E-state index is 0.150. The van der Waals surface area contributed by atoms with Gasteiger partial charge in [0.2, 0.25) is 0 Å². The van der Waals surface area contributed by atoms with E-state index in [-0.39, 0.29) is 30.0 Å². The molecule has 2 saturated carbocycles. The molecule has 9 heteroatoms. The van der Waals surface area contributed by atoms with Crippen molar-refractivity contribution in [3.63, 3.8) is 0 Å². The fourth-order valence-corrected chi connectivity index (χ4v) is 9.67. The van der Waals surface area contributed by atoms with E-state index in [1.165, 1.54) is 70.3 Å². The molecule has 0 aromatic heterocycles. The lowest BCUT2D eigenvalue weighted by Crippen LogP contribution is -2.51. The number of hydrogen-bond donors (Lipinski definition) is 3. The van der Waals surface area contributed by atoms with Gasteiger partial charge in [0.25, 0.3) is 0 Å². The second-order valence-electron chi connectivity index (χ2n) is 14.5. The zero-order valence-electron chi connectivity index (χ0n) is 26.8. The smallest absolute Gasteiger partial charge is 0.414 e. The zero-order chi connectivity index (χ0) is 30.7. The molecular formula is C36H52FN5O2S. The van der Waals surface area contributed by atoms with Crippen molar-refractivity contribution < 1.29 is 13.9 Å². The first-order valence-electron chi connectivity index (χ1n) is 17.7. The van der Waals surface area contributed by atoms with Crippen LogP contribution in [0, 0.1) is 11.2 Å². The molecule has 0 radical (unpaired) electrons. The standard InChI is InChI=1S/C36H52FN5O2S/c37-31-13-10-12-27-22-42(24-30(27)31)34(43)44-29-20-28-21-39-36(25-35(36)16-11-17-35)26-40-45-33-15-7-6-14-32(33)38-18-8-4-2-1-3-5-9-19-41(28)23-29/h6-7,10,12-13,20,28,32-33,38-40H,1-5,8-9,11,14-19,21-26H2. The molecule has 1 aromatic rings. The van der Waals surface area contributed by atoms with Crippen molar-refractivity contribution >= 4 is 18.0 Å². The number of nitrogens with one attached hydrogen (secondary N) is 3. The summed E-state index contributed by atoms with van der Waals surface area (Å²) in [6.07, 6.45) is 22.9. The number of fused-ring (bicyclic) bond motifs is 4. The summed E-state index contributed by atoms with van der Waals surface area (Å²) in [6, 6.07) is 5.82. The van der Waals surface area contributed by atoms with Gasteiger partial charge in [-0.15, -0.1) is 0 Å². The van der Waals surface area contributed by atoms with Crippen LogP contribution in [0.5, 0.6) is 0 Å². The number of nitrogens with zero attached hydrogens (tertiary/aromatic N) is 2. The maximum absolute atomic E-state index is 14.3. The van der Waals surface area contributed by atoms with Crippen molar-refractivity contribution in [1.82, 2.24) is 25.2 Å². The van der Waals surface area contributed by atoms with Gasteiger partial charge in [-0.25, -0.2) is 9.18 Å². The van der Waals surface area contributed by atoms with Crippen molar-refractivity contribution in [2.75, 3.05) is 32.7 Å². The second kappa shape index (κ2) is 14.1. The predicted molar refractivity (Wildman–Crippen MR) is 179 cm³/mol. The number of rotatable bonds is 1. The average molecular weight is 638 g/mol. The number of halogens is 1. The molecule has 7 nitrogen and oxygen atoms in total. The van der Waals surface area contributed by atoms with Gasteiger partial charge < -0.3 is 15.4 Å². The molecule has 7 rings (SSSR count). The van der Waals surface area contributed by atoms with Crippen LogP contribution in [-0.2, 0) is 17.8 Å². The van der Waals surface area contributed by atoms with Crippen molar-refractivity contribution in [2.24, 2.45) is 5.41 Å². The van der Waals surface area contributed by atoms with E-state index in [0.717, 1.165) is 56.8 Å². The molecule has 3 heterocycles. The lowest BCUT2D eigenvalue weighted by atomic mass is 9.77. The fraction of sp³-hybridized carbons (Fsp3) is 0.694. The lowest BCUT2D eigenvalue weighted by Gasteiger charge is -2.36. The minimum Gasteiger partial charge on any atom is -0.414 e. The first-order valence-corrected chi connectivity index (χ1v) is 18.6. The van der Waals surface area contributed by atoms with Crippen molar-refractivity contribution in [3.05, 3.63) is 59.1 Å². The first kappa shape index (κ1) is 31.7. The largest absolute Gasteiger partial charge is 0.415 e. The van der Waals surface area contributed by atoms with Gasteiger partial charge >= 0.3 is 6.09 Å². The molecule has 2 spiro atoms. The van der Waals surface area contributed by atoms with Gasteiger partial charge in [0.1, 0.15) is 11.6 Å². The molecule has 246 valence electrons. The van der Waals surface area contributed by atoms with Gasteiger partial charge in [-0.2, -0.15) is 0 Å². The topological polar surface area (TPSA) is 68.9 Å². The average Bonchev–Trinajstić information content (AvgIpc) is 3.27. The second-order valence-corrected chi connectivity index (χ2v) is 15.6. The number of carbonyl (C=O) groups excluding carboxylic acids is 1. The highest BCUT2D eigenvalue weighted by atomic mass is 32.2. The van der Waals surface area contributed by atoms with Gasteiger partial charge in [-0.05, 0) is 81.2 Å². The highest BCUT2D eigenvalue weighted by Gasteiger charge is 2.69. The van der Waals surface area contributed by atoms with E-state index in [2.05, 4.69) is 38.5 Å². The third kappa shape index (κ3) is 7.03. The molecule has 3 aliphatic carbocycles. The minimum atomic E-state index is -0.374. The Morgan fingerprint density at radius 2 is 1.80 bits per heavy atom. The zero-order valence-corrected chi connectivity index (χ0v) is 27.7. The monoisotopic (exact) mass is 637 g/mol. The van der Waals surface area contributed by atoms with Crippen LogP contribution in [0.1, 0.15) is 94.6 Å². The van der Waals surface area contributed by atoms with Crippen molar-refractivity contribution in [2.45, 2.75) is 119 Å². The molecule has 4 unspecified atom stereocenters. The third-order valence-corrected chi connectivity index (χ3v) is 12.7. The van der Waals surface area contributed by atoms with Crippen LogP contribution in [0.25, 0.3) is 0 Å². The third-order valence-electron chi connectivity index (χ3n) is 11.6. The SMILES string of the molecule is O=C(OC1=CC2CNC3(CNSC4CC=CCC4NCCCCCCCCCN2C1)CC31CCC1)N1Cc2cccc(F)c2C1. The first-order chi connectivity index (χ1) is 22.0. The van der Waals surface area contributed by atoms with E-state index < -0.39 is 0 Å². The van der Waals surface area contributed by atoms with Gasteiger partial charge in [-0.1, -0.05) is 74.8 Å². The van der Waals surface area contributed by atoms with Crippen molar-refractivity contribution in [1.29, 1.82) is 0 Å². The van der Waals surface area contributed by atoms with E-state index in [1.807, 2.05) is 18.0 Å². The summed E-state index contributed by atoms with van der Waals surface area (Å²) in [5, 5.41) is 8.55. The van der Waals surface area contributed by atoms with E-state index in [4.69, 9.17) is 4.74 Å². The molecule has 1 aromatic carbocycles. The van der Waals surface area contributed by atoms with Crippen LogP contribution in [0.15, 0.2) is 42.2 Å². The summed E-state index contributed by atoms with van der Waals surface area (Å²) in [5.41, 5.74) is 2.08. The summed E-state index contributed by atoms with van der Waals surface area (Å²) in [7, 11) is 0. The number of carbonyl (C=O) groups is 1. The number of allylic oxidation sites excluding steroid dienone is 1.